The molecule has 2 saturated heterocycles. The molecule has 2 heterocycles. The maximum atomic E-state index is 7.86. The van der Waals surface area contributed by atoms with Crippen LogP contribution in [0.1, 0.15) is 38.2 Å². The first-order chi connectivity index (χ1) is 22.3. The van der Waals surface area contributed by atoms with Crippen molar-refractivity contribution in [1.82, 2.24) is 0 Å². The van der Waals surface area contributed by atoms with Crippen LogP contribution >= 0.6 is 11.8 Å². The van der Waals surface area contributed by atoms with Gasteiger partial charge in [0.25, 0.3) is 8.32 Å². The van der Waals surface area contributed by atoms with Crippen molar-refractivity contribution >= 4 is 30.5 Å². The summed E-state index contributed by atoms with van der Waals surface area (Å²) < 4.78 is 40.0. The van der Waals surface area contributed by atoms with Crippen LogP contribution in [0.5, 0.6) is 5.75 Å². The molecule has 2 fully saturated rings. The Morgan fingerprint density at radius 3 is 1.89 bits per heavy atom. The second-order valence-corrected chi connectivity index (χ2v) is 18.0. The van der Waals surface area contributed by atoms with Gasteiger partial charge in [-0.3, -0.25) is 0 Å². The van der Waals surface area contributed by atoms with Gasteiger partial charge in [-0.2, -0.15) is 0 Å². The van der Waals surface area contributed by atoms with Gasteiger partial charge in [0.1, 0.15) is 35.6 Å². The maximum Gasteiger partial charge on any atom is 0.261 e. The predicted molar refractivity (Wildman–Crippen MR) is 186 cm³/mol. The molecule has 1 unspecified atom stereocenters. The Balaban J connectivity index is 1.45. The van der Waals surface area contributed by atoms with Crippen LogP contribution < -0.4 is 15.1 Å². The zero-order valence-electron chi connectivity index (χ0n) is 27.2. The van der Waals surface area contributed by atoms with E-state index in [1.165, 1.54) is 10.4 Å². The van der Waals surface area contributed by atoms with Crippen LogP contribution in [0, 0.1) is 0 Å². The first kappa shape index (κ1) is 33.0. The largest absolute Gasteiger partial charge is 0.497 e. The molecule has 6 atom stereocenters. The lowest BCUT2D eigenvalue weighted by atomic mass is 9.98. The van der Waals surface area contributed by atoms with E-state index >= 15 is 0 Å². The summed E-state index contributed by atoms with van der Waals surface area (Å²) in [7, 11) is -1.33. The average molecular weight is 657 g/mol. The molecular formula is C38H44O6SSi. The van der Waals surface area contributed by atoms with Crippen molar-refractivity contribution in [2.45, 2.75) is 68.6 Å². The van der Waals surface area contributed by atoms with Crippen LogP contribution in [-0.2, 0) is 30.0 Å². The lowest BCUT2D eigenvalue weighted by Gasteiger charge is -2.53. The van der Waals surface area contributed by atoms with Gasteiger partial charge in [-0.05, 0) is 39.4 Å². The quantitative estimate of drug-likeness (QED) is 0.176. The molecule has 6 rings (SSSR count). The summed E-state index contributed by atoms with van der Waals surface area (Å²) in [5.41, 5.74) is 1.72. The van der Waals surface area contributed by atoms with Crippen molar-refractivity contribution in [2.24, 2.45) is 0 Å². The van der Waals surface area contributed by atoms with Gasteiger partial charge in [-0.25, -0.2) is 0 Å². The van der Waals surface area contributed by atoms with Crippen LogP contribution in [0.25, 0.3) is 0 Å². The minimum absolute atomic E-state index is 0.233. The molecule has 0 N–H and O–H groups in total. The van der Waals surface area contributed by atoms with Crippen molar-refractivity contribution < 1.29 is 28.1 Å². The molecular weight excluding hydrogens is 613 g/mol. The molecule has 6 nitrogen and oxygen atoms in total. The Hall–Kier alpha value is -2.95. The molecule has 242 valence electrons. The van der Waals surface area contributed by atoms with Crippen LogP contribution in [-0.4, -0.2) is 58.1 Å². The summed E-state index contributed by atoms with van der Waals surface area (Å²) >= 11 is 1.63. The van der Waals surface area contributed by atoms with Crippen LogP contribution in [0.3, 0.4) is 0 Å². The lowest BCUT2D eigenvalue weighted by Crippen LogP contribution is -2.72. The molecule has 46 heavy (non-hydrogen) atoms. The highest BCUT2D eigenvalue weighted by Gasteiger charge is 2.58. The highest BCUT2D eigenvalue weighted by molar-refractivity contribution is 7.99. The topological polar surface area (TPSA) is 55.4 Å². The summed E-state index contributed by atoms with van der Waals surface area (Å²) in [5.74, 6) is 0.810. The Labute approximate surface area is 278 Å². The predicted octanol–water partition coefficient (Wildman–Crippen LogP) is 6.73. The van der Waals surface area contributed by atoms with Gasteiger partial charge in [-0.1, -0.05) is 124 Å². The molecule has 0 bridgehead atoms. The monoisotopic (exact) mass is 656 g/mol. The number of ether oxygens (including phenoxy) is 5. The van der Waals surface area contributed by atoms with Gasteiger partial charge in [-0.15, -0.1) is 11.8 Å². The SMILES string of the molecule is COc1ccc(CO[C@H]2[C@@H](O[Si](c3ccccc3)(c3ccccc3)C(C)(C)C)[C@@H]3OC(c4ccccc4)OC[C@H]3O[C@@H]2SC)cc1. The van der Waals surface area contributed by atoms with Crippen molar-refractivity contribution in [3.63, 3.8) is 0 Å². The summed E-state index contributed by atoms with van der Waals surface area (Å²) in [5, 5.41) is 2.18. The third-order valence-electron chi connectivity index (χ3n) is 8.92. The summed E-state index contributed by atoms with van der Waals surface area (Å²) in [6.07, 6.45) is -0.0903. The summed E-state index contributed by atoms with van der Waals surface area (Å²) in [6.45, 7) is 7.69. The molecule has 0 aliphatic carbocycles. The third kappa shape index (κ3) is 6.71. The number of hydrogen-bond acceptors (Lipinski definition) is 7. The molecule has 0 aromatic heterocycles. The van der Waals surface area contributed by atoms with E-state index in [4.69, 9.17) is 28.1 Å². The third-order valence-corrected chi connectivity index (χ3v) is 14.8. The van der Waals surface area contributed by atoms with Crippen LogP contribution in [0.4, 0.5) is 0 Å². The Kier molecular flexibility index (Phi) is 10.3. The van der Waals surface area contributed by atoms with Gasteiger partial charge >= 0.3 is 0 Å². The van der Waals surface area contributed by atoms with Crippen molar-refractivity contribution in [1.29, 1.82) is 0 Å². The van der Waals surface area contributed by atoms with Crippen molar-refractivity contribution in [3.8, 4) is 5.75 Å². The Morgan fingerprint density at radius 2 is 1.35 bits per heavy atom. The highest BCUT2D eigenvalue weighted by Crippen LogP contribution is 2.44. The van der Waals surface area contributed by atoms with Gasteiger partial charge in [0.05, 0.1) is 20.3 Å². The van der Waals surface area contributed by atoms with E-state index < -0.39 is 32.9 Å². The zero-order chi connectivity index (χ0) is 32.1. The second kappa shape index (κ2) is 14.4. The number of benzene rings is 4. The van der Waals surface area contributed by atoms with Gasteiger partial charge < -0.3 is 28.1 Å². The fourth-order valence-corrected chi connectivity index (χ4v) is 12.1. The van der Waals surface area contributed by atoms with E-state index in [-0.39, 0.29) is 16.6 Å². The van der Waals surface area contributed by atoms with Crippen molar-refractivity contribution in [3.05, 3.63) is 126 Å². The molecule has 2 aliphatic heterocycles. The smallest absolute Gasteiger partial charge is 0.261 e. The zero-order valence-corrected chi connectivity index (χ0v) is 29.0. The lowest BCUT2D eigenvalue weighted by molar-refractivity contribution is -0.320. The molecule has 4 aromatic carbocycles. The molecule has 0 radical (unpaired) electrons. The van der Waals surface area contributed by atoms with E-state index in [2.05, 4.69) is 87.7 Å². The summed E-state index contributed by atoms with van der Waals surface area (Å²) in [6, 6.07) is 39.5. The van der Waals surface area contributed by atoms with E-state index in [9.17, 15) is 0 Å². The standard InChI is InChI=1S/C38H44O6SSi/c1-38(2,3)46(30-17-11-7-12-18-30,31-19-13-8-14-20-31)44-34-33-32(26-41-36(43-33)28-15-9-6-10-16-28)42-37(45-5)35(34)40-25-27-21-23-29(39-4)24-22-27/h6-24,32-37H,25-26H2,1-5H3/t32-,33-,34+,35+,36?,37-/m1/s1. The average Bonchev–Trinajstić information content (AvgIpc) is 3.10. The minimum Gasteiger partial charge on any atom is -0.497 e. The molecule has 0 saturated carbocycles. The highest BCUT2D eigenvalue weighted by atomic mass is 32.2. The number of methoxy groups -OCH3 is 1. The van der Waals surface area contributed by atoms with E-state index in [1.807, 2.05) is 54.6 Å². The van der Waals surface area contributed by atoms with Gasteiger partial charge in [0.15, 0.2) is 6.29 Å². The first-order valence-electron chi connectivity index (χ1n) is 15.9. The maximum absolute atomic E-state index is 7.86. The van der Waals surface area contributed by atoms with Crippen molar-refractivity contribution in [2.75, 3.05) is 20.0 Å². The molecule has 4 aromatic rings. The van der Waals surface area contributed by atoms with Gasteiger partial charge in [0, 0.05) is 5.56 Å². The fraction of sp³-hybridized carbons (Fsp3) is 0.368. The van der Waals surface area contributed by atoms with E-state index in [1.54, 1.807) is 18.9 Å². The summed E-state index contributed by atoms with van der Waals surface area (Å²) in [4.78, 5) is 0. The molecule has 0 amide bonds. The first-order valence-corrected chi connectivity index (χ1v) is 19.1. The van der Waals surface area contributed by atoms with E-state index in [0.29, 0.717) is 13.2 Å². The number of rotatable bonds is 10. The number of thioether (sulfide) groups is 1. The fourth-order valence-electron chi connectivity index (χ4n) is 6.64. The second-order valence-electron chi connectivity index (χ2n) is 12.8. The number of fused-ring (bicyclic) bond motifs is 1. The van der Waals surface area contributed by atoms with Crippen LogP contribution in [0.2, 0.25) is 5.04 Å². The Bertz CT molecular complexity index is 1480. The number of hydrogen-bond donors (Lipinski definition) is 0. The normalized spacial score (nSPS) is 25.1. The molecule has 2 aliphatic rings. The van der Waals surface area contributed by atoms with Gasteiger partial charge in [0.2, 0.25) is 0 Å². The Morgan fingerprint density at radius 1 is 0.761 bits per heavy atom. The van der Waals surface area contributed by atoms with E-state index in [0.717, 1.165) is 16.9 Å². The molecule has 0 spiro atoms. The molecule has 8 heteroatoms. The minimum atomic E-state index is -3.00. The van der Waals surface area contributed by atoms with Crippen LogP contribution in [0.15, 0.2) is 115 Å².